The topological polar surface area (TPSA) is 123 Å². The number of aromatic hydroxyl groups is 2. The Balaban J connectivity index is 1.66. The normalized spacial score (nSPS) is 13.2. The van der Waals surface area contributed by atoms with Crippen LogP contribution in [-0.2, 0) is 0 Å². The molecule has 0 radical (unpaired) electrons. The maximum Gasteiger partial charge on any atom is 0.334 e. The van der Waals surface area contributed by atoms with E-state index in [9.17, 15) is 15.0 Å². The minimum absolute atomic E-state index is 0.108. The number of carbonyl (C=O) groups excluding carboxylic acids is 1. The molecule has 8 nitrogen and oxygen atoms in total. The highest BCUT2D eigenvalue weighted by atomic mass is 32.1. The Morgan fingerprint density at radius 2 is 1.51 bits per heavy atom. The van der Waals surface area contributed by atoms with Crippen molar-refractivity contribution < 1.29 is 19.6 Å². The molecule has 9 heteroatoms. The maximum atomic E-state index is 12.4. The number of para-hydroxylation sites is 2. The van der Waals surface area contributed by atoms with Crippen molar-refractivity contribution in [2.75, 3.05) is 19.6 Å². The molecule has 0 bridgehead atoms. The molecule has 178 valence electrons. The predicted molar refractivity (Wildman–Crippen MR) is 140 cm³/mol. The van der Waals surface area contributed by atoms with Crippen LogP contribution in [0.4, 0.5) is 5.69 Å². The van der Waals surface area contributed by atoms with Crippen LogP contribution in [0.1, 0.15) is 27.9 Å². The van der Waals surface area contributed by atoms with Gasteiger partial charge in [0.15, 0.2) is 10.8 Å². The molecule has 0 atom stereocenters. The van der Waals surface area contributed by atoms with Crippen LogP contribution in [0.25, 0.3) is 0 Å². The molecule has 3 aromatic carbocycles. The van der Waals surface area contributed by atoms with E-state index in [1.807, 2.05) is 34.9 Å². The second-order valence-electron chi connectivity index (χ2n) is 7.91. The highest BCUT2D eigenvalue weighted by molar-refractivity contribution is 7.80. The summed E-state index contributed by atoms with van der Waals surface area (Å²) < 4.78 is 1.99. The molecule has 3 aromatic rings. The highest BCUT2D eigenvalue weighted by Crippen LogP contribution is 2.27. The SMILES string of the molecule is NC(=S)NCCNC(=O)c1ccc([N+]2=C(c3ccccc3O)N=C(c3ccccc3O)CC2)cc1. The van der Waals surface area contributed by atoms with Crippen LogP contribution in [0.5, 0.6) is 11.5 Å². The molecule has 0 aromatic heterocycles. The first-order valence-corrected chi connectivity index (χ1v) is 11.5. The first-order valence-electron chi connectivity index (χ1n) is 11.1. The summed E-state index contributed by atoms with van der Waals surface area (Å²) in [5.74, 6) is 0.630. The third kappa shape index (κ3) is 5.64. The molecule has 0 spiro atoms. The summed E-state index contributed by atoms with van der Waals surface area (Å²) >= 11 is 4.75. The number of thiocarbonyl (C=S) groups is 1. The van der Waals surface area contributed by atoms with Crippen LogP contribution in [0.3, 0.4) is 0 Å². The smallest absolute Gasteiger partial charge is 0.334 e. The lowest BCUT2D eigenvalue weighted by Gasteiger charge is -2.16. The molecule has 0 unspecified atom stereocenters. The zero-order valence-corrected chi connectivity index (χ0v) is 19.8. The molecule has 1 aliphatic rings. The summed E-state index contributed by atoms with van der Waals surface area (Å²) in [6.45, 7) is 1.41. The van der Waals surface area contributed by atoms with E-state index < -0.39 is 0 Å². The van der Waals surface area contributed by atoms with Gasteiger partial charge in [0.1, 0.15) is 22.7 Å². The molecular weight excluding hydrogens is 462 g/mol. The van der Waals surface area contributed by atoms with Crippen molar-refractivity contribution in [1.29, 1.82) is 0 Å². The number of carbonyl (C=O) groups is 1. The maximum absolute atomic E-state index is 12.4. The van der Waals surface area contributed by atoms with E-state index in [0.717, 1.165) is 11.4 Å². The van der Waals surface area contributed by atoms with Crippen molar-refractivity contribution in [1.82, 2.24) is 10.6 Å². The Bertz CT molecular complexity index is 1320. The van der Waals surface area contributed by atoms with Gasteiger partial charge < -0.3 is 26.6 Å². The van der Waals surface area contributed by atoms with Gasteiger partial charge in [-0.3, -0.25) is 4.79 Å². The molecule has 0 saturated carbocycles. The Labute approximate surface area is 208 Å². The molecule has 35 heavy (non-hydrogen) atoms. The molecular formula is C26H26N5O3S+. The van der Waals surface area contributed by atoms with Crippen LogP contribution in [-0.4, -0.2) is 57.0 Å². The first kappa shape index (κ1) is 23.9. The number of hydrogen-bond acceptors (Lipinski definition) is 5. The quantitative estimate of drug-likeness (QED) is 0.198. The van der Waals surface area contributed by atoms with Gasteiger partial charge in [-0.05, 0) is 65.7 Å². The summed E-state index contributed by atoms with van der Waals surface area (Å²) in [7, 11) is 0. The Hall–Kier alpha value is -4.24. The lowest BCUT2D eigenvalue weighted by Crippen LogP contribution is -2.37. The lowest BCUT2D eigenvalue weighted by molar-refractivity contribution is -0.440. The molecule has 1 aliphatic heterocycles. The fourth-order valence-electron chi connectivity index (χ4n) is 3.86. The van der Waals surface area contributed by atoms with Gasteiger partial charge in [-0.25, -0.2) is 4.58 Å². The van der Waals surface area contributed by atoms with Gasteiger partial charge in [-0.15, -0.1) is 0 Å². The second-order valence-corrected chi connectivity index (χ2v) is 8.35. The number of nitrogens with zero attached hydrogens (tertiary/aromatic N) is 2. The number of phenolic OH excluding ortho intramolecular Hbond substituents is 2. The van der Waals surface area contributed by atoms with Crippen LogP contribution in [0, 0.1) is 0 Å². The monoisotopic (exact) mass is 488 g/mol. The number of phenols is 2. The zero-order valence-electron chi connectivity index (χ0n) is 18.9. The average molecular weight is 489 g/mol. The Morgan fingerprint density at radius 3 is 2.14 bits per heavy atom. The van der Waals surface area contributed by atoms with Crippen LogP contribution >= 0.6 is 12.2 Å². The van der Waals surface area contributed by atoms with E-state index in [1.54, 1.807) is 42.5 Å². The van der Waals surface area contributed by atoms with Crippen molar-refractivity contribution in [2.24, 2.45) is 10.7 Å². The molecule has 1 heterocycles. The van der Waals surface area contributed by atoms with E-state index in [-0.39, 0.29) is 22.5 Å². The zero-order chi connectivity index (χ0) is 24.8. The van der Waals surface area contributed by atoms with E-state index in [1.165, 1.54) is 0 Å². The van der Waals surface area contributed by atoms with Crippen LogP contribution < -0.4 is 16.4 Å². The number of hydrogen-bond donors (Lipinski definition) is 5. The van der Waals surface area contributed by atoms with Crippen molar-refractivity contribution in [3.63, 3.8) is 0 Å². The molecule has 6 N–H and O–H groups in total. The van der Waals surface area contributed by atoms with Gasteiger partial charge in [0.05, 0.1) is 18.5 Å². The Kier molecular flexibility index (Phi) is 7.37. The number of amides is 1. The van der Waals surface area contributed by atoms with Crippen molar-refractivity contribution >= 4 is 40.5 Å². The summed E-state index contributed by atoms with van der Waals surface area (Å²) in [5.41, 5.74) is 8.70. The highest BCUT2D eigenvalue weighted by Gasteiger charge is 2.29. The van der Waals surface area contributed by atoms with E-state index in [0.29, 0.717) is 48.6 Å². The van der Waals surface area contributed by atoms with Gasteiger partial charge in [-0.2, -0.15) is 0 Å². The number of aliphatic imine (C=N–C) groups is 1. The first-order chi connectivity index (χ1) is 16.9. The van der Waals surface area contributed by atoms with Crippen LogP contribution in [0.2, 0.25) is 0 Å². The van der Waals surface area contributed by atoms with Gasteiger partial charge in [0, 0.05) is 18.7 Å². The van der Waals surface area contributed by atoms with Gasteiger partial charge in [-0.1, -0.05) is 24.3 Å². The third-order valence-electron chi connectivity index (χ3n) is 5.58. The van der Waals surface area contributed by atoms with Gasteiger partial charge in [0.2, 0.25) is 0 Å². The van der Waals surface area contributed by atoms with E-state index in [2.05, 4.69) is 10.6 Å². The fourth-order valence-corrected chi connectivity index (χ4v) is 3.96. The molecule has 4 rings (SSSR count). The summed E-state index contributed by atoms with van der Waals surface area (Å²) in [6.07, 6.45) is 0.590. The third-order valence-corrected chi connectivity index (χ3v) is 5.72. The van der Waals surface area contributed by atoms with E-state index in [4.69, 9.17) is 22.9 Å². The van der Waals surface area contributed by atoms with Crippen molar-refractivity contribution in [2.45, 2.75) is 6.42 Å². The van der Waals surface area contributed by atoms with Gasteiger partial charge >= 0.3 is 5.84 Å². The fraction of sp³-hybridized carbons (Fsp3) is 0.154. The molecule has 0 fully saturated rings. The number of rotatable bonds is 7. The number of nitrogens with one attached hydrogen (secondary N) is 2. The second kappa shape index (κ2) is 10.8. The van der Waals surface area contributed by atoms with Gasteiger partial charge in [0.25, 0.3) is 5.91 Å². The minimum Gasteiger partial charge on any atom is -0.507 e. The van der Waals surface area contributed by atoms with E-state index >= 15 is 0 Å². The minimum atomic E-state index is -0.204. The predicted octanol–water partition coefficient (Wildman–Crippen LogP) is 2.64. The number of amidine groups is 1. The largest absolute Gasteiger partial charge is 0.507 e. The molecule has 0 saturated heterocycles. The summed E-state index contributed by atoms with van der Waals surface area (Å²) in [4.78, 5) is 17.3. The average Bonchev–Trinajstić information content (AvgIpc) is 2.87. The molecule has 0 aliphatic carbocycles. The van der Waals surface area contributed by atoms with Crippen molar-refractivity contribution in [3.05, 3.63) is 89.5 Å². The number of nitrogens with two attached hydrogens (primary N) is 1. The Morgan fingerprint density at radius 1 is 0.914 bits per heavy atom. The number of benzene rings is 3. The summed E-state index contributed by atoms with van der Waals surface area (Å²) in [6, 6.07) is 21.3. The summed E-state index contributed by atoms with van der Waals surface area (Å²) in [5, 5.41) is 26.7. The van der Waals surface area contributed by atoms with Crippen molar-refractivity contribution in [3.8, 4) is 11.5 Å². The lowest BCUT2D eigenvalue weighted by atomic mass is 10.0. The molecule has 1 amide bonds. The van der Waals surface area contributed by atoms with Crippen LogP contribution in [0.15, 0.2) is 77.8 Å². The standard InChI is InChI=1S/C26H25N5O3S/c27-26(35)29-15-14-28-25(34)17-9-11-18(12-10-17)31-16-13-21(19-5-1-3-7-22(19)32)30-24(31)20-6-2-4-8-23(20)33/h1-12H,13-16H2,(H5,27,28,29,30,32,33,34,35)/p+1.